The molecule has 6 nitrogen and oxygen atoms in total. The van der Waals surface area contributed by atoms with Crippen LogP contribution in [0.5, 0.6) is 5.75 Å². The third-order valence-corrected chi connectivity index (χ3v) is 3.98. The molecule has 0 radical (unpaired) electrons. The van der Waals surface area contributed by atoms with Gasteiger partial charge in [-0.1, -0.05) is 0 Å². The van der Waals surface area contributed by atoms with Gasteiger partial charge in [0.2, 0.25) is 5.91 Å². The molecule has 0 spiro atoms. The Morgan fingerprint density at radius 1 is 1.32 bits per heavy atom. The van der Waals surface area contributed by atoms with Crippen molar-refractivity contribution < 1.29 is 14.3 Å². The average Bonchev–Trinajstić information content (AvgIpc) is 2.53. The number of primary amides is 1. The molecule has 4 N–H and O–H groups in total. The Bertz CT molecular complexity index is 528. The molecular weight excluding hydrogens is 282 g/mol. The number of nitrogens with two attached hydrogens (primary N) is 2. The first-order chi connectivity index (χ1) is 10.5. The number of likely N-dealkylation sites (tertiary alicyclic amines) is 1. The van der Waals surface area contributed by atoms with Crippen molar-refractivity contribution in [1.29, 1.82) is 0 Å². The molecule has 22 heavy (non-hydrogen) atoms. The van der Waals surface area contributed by atoms with E-state index in [2.05, 4.69) is 0 Å². The van der Waals surface area contributed by atoms with Gasteiger partial charge in [0.25, 0.3) is 5.91 Å². The molecule has 120 valence electrons. The SMILES string of the molecule is CC(N)C1CCCCN1C(=O)COc1ccc(C(N)=O)cc1. The summed E-state index contributed by atoms with van der Waals surface area (Å²) < 4.78 is 5.50. The molecule has 1 fully saturated rings. The first kappa shape index (κ1) is 16.3. The lowest BCUT2D eigenvalue weighted by Crippen LogP contribution is -2.52. The van der Waals surface area contributed by atoms with Crippen LogP contribution in [-0.2, 0) is 4.79 Å². The summed E-state index contributed by atoms with van der Waals surface area (Å²) >= 11 is 0. The van der Waals surface area contributed by atoms with Gasteiger partial charge in [-0.05, 0) is 50.5 Å². The molecule has 2 rings (SSSR count). The van der Waals surface area contributed by atoms with E-state index >= 15 is 0 Å². The summed E-state index contributed by atoms with van der Waals surface area (Å²) in [7, 11) is 0. The summed E-state index contributed by atoms with van der Waals surface area (Å²) in [5.74, 6) is -0.00981. The van der Waals surface area contributed by atoms with Crippen molar-refractivity contribution in [3.8, 4) is 5.75 Å². The fourth-order valence-corrected chi connectivity index (χ4v) is 2.76. The van der Waals surface area contributed by atoms with Crippen molar-refractivity contribution in [2.75, 3.05) is 13.2 Å². The van der Waals surface area contributed by atoms with E-state index < -0.39 is 5.91 Å². The summed E-state index contributed by atoms with van der Waals surface area (Å²) in [6.07, 6.45) is 3.05. The minimum atomic E-state index is -0.490. The second kappa shape index (κ2) is 7.26. The zero-order chi connectivity index (χ0) is 16.1. The van der Waals surface area contributed by atoms with Crippen molar-refractivity contribution in [3.05, 3.63) is 29.8 Å². The van der Waals surface area contributed by atoms with Gasteiger partial charge in [0.1, 0.15) is 5.75 Å². The highest BCUT2D eigenvalue weighted by molar-refractivity contribution is 5.92. The molecule has 2 amide bonds. The summed E-state index contributed by atoms with van der Waals surface area (Å²) in [5.41, 5.74) is 11.6. The number of carbonyl (C=O) groups is 2. The fourth-order valence-electron chi connectivity index (χ4n) is 2.76. The largest absolute Gasteiger partial charge is 0.484 e. The Morgan fingerprint density at radius 3 is 2.59 bits per heavy atom. The first-order valence-corrected chi connectivity index (χ1v) is 7.56. The van der Waals surface area contributed by atoms with Crippen molar-refractivity contribution in [1.82, 2.24) is 4.90 Å². The molecule has 0 aromatic heterocycles. The fraction of sp³-hybridized carbons (Fsp3) is 0.500. The first-order valence-electron chi connectivity index (χ1n) is 7.56. The van der Waals surface area contributed by atoms with Crippen LogP contribution in [-0.4, -0.2) is 41.9 Å². The van der Waals surface area contributed by atoms with Gasteiger partial charge in [0.15, 0.2) is 6.61 Å². The lowest BCUT2D eigenvalue weighted by atomic mass is 9.97. The number of hydrogen-bond donors (Lipinski definition) is 2. The number of carbonyl (C=O) groups excluding carboxylic acids is 2. The number of amides is 2. The van der Waals surface area contributed by atoms with Crippen LogP contribution < -0.4 is 16.2 Å². The smallest absolute Gasteiger partial charge is 0.260 e. The third-order valence-electron chi connectivity index (χ3n) is 3.98. The maximum Gasteiger partial charge on any atom is 0.260 e. The number of hydrogen-bond acceptors (Lipinski definition) is 4. The molecule has 1 aliphatic heterocycles. The maximum absolute atomic E-state index is 12.3. The normalized spacial score (nSPS) is 19.5. The quantitative estimate of drug-likeness (QED) is 0.844. The molecule has 0 saturated carbocycles. The topological polar surface area (TPSA) is 98.7 Å². The van der Waals surface area contributed by atoms with Crippen LogP contribution in [0, 0.1) is 0 Å². The van der Waals surface area contributed by atoms with E-state index in [-0.39, 0.29) is 24.6 Å². The van der Waals surface area contributed by atoms with Crippen LogP contribution in [0.4, 0.5) is 0 Å². The van der Waals surface area contributed by atoms with Crippen LogP contribution in [0.2, 0.25) is 0 Å². The molecule has 0 aliphatic carbocycles. The van der Waals surface area contributed by atoms with Gasteiger partial charge in [-0.3, -0.25) is 9.59 Å². The number of ether oxygens (including phenoxy) is 1. The van der Waals surface area contributed by atoms with E-state index in [1.54, 1.807) is 24.3 Å². The number of benzene rings is 1. The van der Waals surface area contributed by atoms with E-state index in [4.69, 9.17) is 16.2 Å². The summed E-state index contributed by atoms with van der Waals surface area (Å²) in [5, 5.41) is 0. The number of nitrogens with zero attached hydrogens (tertiary/aromatic N) is 1. The van der Waals surface area contributed by atoms with Crippen LogP contribution in [0.15, 0.2) is 24.3 Å². The van der Waals surface area contributed by atoms with E-state index in [1.165, 1.54) is 0 Å². The van der Waals surface area contributed by atoms with Crippen molar-refractivity contribution >= 4 is 11.8 Å². The van der Waals surface area contributed by atoms with E-state index in [9.17, 15) is 9.59 Å². The third kappa shape index (κ3) is 3.98. The van der Waals surface area contributed by atoms with Crippen LogP contribution in [0.25, 0.3) is 0 Å². The van der Waals surface area contributed by atoms with Crippen molar-refractivity contribution in [3.63, 3.8) is 0 Å². The summed E-state index contributed by atoms with van der Waals surface area (Å²) in [4.78, 5) is 25.2. The predicted molar refractivity (Wildman–Crippen MR) is 83.5 cm³/mol. The Balaban J connectivity index is 1.92. The van der Waals surface area contributed by atoms with Gasteiger partial charge in [-0.25, -0.2) is 0 Å². The van der Waals surface area contributed by atoms with Gasteiger partial charge < -0.3 is 21.1 Å². The summed E-state index contributed by atoms with van der Waals surface area (Å²) in [6, 6.07) is 6.46. The highest BCUT2D eigenvalue weighted by Crippen LogP contribution is 2.19. The van der Waals surface area contributed by atoms with E-state index in [1.807, 2.05) is 11.8 Å². The van der Waals surface area contributed by atoms with Crippen LogP contribution in [0.1, 0.15) is 36.5 Å². The zero-order valence-corrected chi connectivity index (χ0v) is 12.8. The summed E-state index contributed by atoms with van der Waals surface area (Å²) in [6.45, 7) is 2.63. The molecule has 2 atom stereocenters. The minimum Gasteiger partial charge on any atom is -0.484 e. The zero-order valence-electron chi connectivity index (χ0n) is 12.8. The van der Waals surface area contributed by atoms with E-state index in [0.717, 1.165) is 25.8 Å². The molecule has 0 bridgehead atoms. The molecule has 1 aromatic rings. The number of rotatable bonds is 5. The Hall–Kier alpha value is -2.08. The van der Waals surface area contributed by atoms with Crippen molar-refractivity contribution in [2.24, 2.45) is 11.5 Å². The lowest BCUT2D eigenvalue weighted by molar-refractivity contribution is -0.137. The molecule has 1 saturated heterocycles. The van der Waals surface area contributed by atoms with Crippen molar-refractivity contribution in [2.45, 2.75) is 38.3 Å². The van der Waals surface area contributed by atoms with Gasteiger partial charge in [-0.2, -0.15) is 0 Å². The Labute approximate surface area is 130 Å². The molecule has 1 aliphatic rings. The minimum absolute atomic E-state index is 0.0286. The Morgan fingerprint density at radius 2 is 2.00 bits per heavy atom. The van der Waals surface area contributed by atoms with Gasteiger partial charge in [0, 0.05) is 24.2 Å². The Kier molecular flexibility index (Phi) is 5.38. The second-order valence-corrected chi connectivity index (χ2v) is 5.69. The highest BCUT2D eigenvalue weighted by Gasteiger charge is 2.29. The van der Waals surface area contributed by atoms with Gasteiger partial charge in [0.05, 0.1) is 0 Å². The molecule has 6 heteroatoms. The number of piperidine rings is 1. The maximum atomic E-state index is 12.3. The highest BCUT2D eigenvalue weighted by atomic mass is 16.5. The predicted octanol–water partition coefficient (Wildman–Crippen LogP) is 0.893. The van der Waals surface area contributed by atoms with Crippen LogP contribution >= 0.6 is 0 Å². The average molecular weight is 305 g/mol. The second-order valence-electron chi connectivity index (χ2n) is 5.69. The molecule has 2 unspecified atom stereocenters. The molecular formula is C16H23N3O3. The monoisotopic (exact) mass is 305 g/mol. The van der Waals surface area contributed by atoms with E-state index in [0.29, 0.717) is 11.3 Å². The lowest BCUT2D eigenvalue weighted by Gasteiger charge is -2.38. The van der Waals surface area contributed by atoms with Gasteiger partial charge in [-0.15, -0.1) is 0 Å². The van der Waals surface area contributed by atoms with Crippen LogP contribution in [0.3, 0.4) is 0 Å². The standard InChI is InChI=1S/C16H23N3O3/c1-11(17)14-4-2-3-9-19(14)15(20)10-22-13-7-5-12(6-8-13)16(18)21/h5-8,11,14H,2-4,9-10,17H2,1H3,(H2,18,21). The molecule has 1 heterocycles. The van der Waals surface area contributed by atoms with Gasteiger partial charge >= 0.3 is 0 Å². The molecule has 1 aromatic carbocycles.